The van der Waals surface area contributed by atoms with Crippen molar-refractivity contribution >= 4 is 15.8 Å². The molecule has 11 heteroatoms. The highest BCUT2D eigenvalue weighted by molar-refractivity contribution is 7.89. The van der Waals surface area contributed by atoms with E-state index in [-0.39, 0.29) is 23.7 Å². The predicted molar refractivity (Wildman–Crippen MR) is 86.2 cm³/mol. The van der Waals surface area contributed by atoms with Crippen LogP contribution in [0.25, 0.3) is 0 Å². The third kappa shape index (κ3) is 3.40. The number of anilines is 1. The number of aromatic nitrogens is 2. The lowest BCUT2D eigenvalue weighted by molar-refractivity contribution is -0.137. The van der Waals surface area contributed by atoms with Gasteiger partial charge in [-0.25, -0.2) is 13.4 Å². The number of hydrogen-bond acceptors (Lipinski definition) is 6. The van der Waals surface area contributed by atoms with Gasteiger partial charge in [0.2, 0.25) is 10.0 Å². The molecule has 0 radical (unpaired) electrons. The highest BCUT2D eigenvalue weighted by Crippen LogP contribution is 2.30. The maximum atomic E-state index is 12.8. The number of piperazine rings is 1. The number of nitrogens with zero attached hydrogens (tertiary/aromatic N) is 4. The summed E-state index contributed by atoms with van der Waals surface area (Å²) >= 11 is 0. The Balaban J connectivity index is 1.71. The second-order valence-corrected chi connectivity index (χ2v) is 7.82. The van der Waals surface area contributed by atoms with Gasteiger partial charge in [0.15, 0.2) is 5.76 Å². The molecule has 0 amide bonds. The fourth-order valence-electron chi connectivity index (χ4n) is 2.87. The molecule has 3 rings (SSSR count). The second kappa shape index (κ2) is 6.54. The maximum absolute atomic E-state index is 12.8. The molecule has 0 N–H and O–H groups in total. The van der Waals surface area contributed by atoms with Crippen molar-refractivity contribution in [3.8, 4) is 0 Å². The molecule has 2 aromatic heterocycles. The molecule has 0 atom stereocenters. The zero-order chi connectivity index (χ0) is 19.1. The van der Waals surface area contributed by atoms with Gasteiger partial charge in [-0.1, -0.05) is 5.16 Å². The Morgan fingerprint density at radius 3 is 2.23 bits per heavy atom. The SMILES string of the molecule is Cc1noc(C)c1S(=O)(=O)N1CCN(c2ccc(C(F)(F)F)cn2)CC1. The summed E-state index contributed by atoms with van der Waals surface area (Å²) in [6, 6.07) is 2.26. The van der Waals surface area contributed by atoms with E-state index in [0.717, 1.165) is 12.3 Å². The van der Waals surface area contributed by atoms with Crippen LogP contribution in [0.3, 0.4) is 0 Å². The van der Waals surface area contributed by atoms with Crippen LogP contribution in [0.15, 0.2) is 27.7 Å². The fourth-order valence-corrected chi connectivity index (χ4v) is 4.58. The summed E-state index contributed by atoms with van der Waals surface area (Å²) in [5.74, 6) is 0.613. The second-order valence-electron chi connectivity index (χ2n) is 5.95. The number of hydrogen-bond donors (Lipinski definition) is 0. The summed E-state index contributed by atoms with van der Waals surface area (Å²) < 4.78 is 69.6. The minimum atomic E-state index is -4.44. The van der Waals surface area contributed by atoms with Gasteiger partial charge >= 0.3 is 6.18 Å². The average Bonchev–Trinajstić information content (AvgIpc) is 2.93. The number of alkyl halides is 3. The molecule has 0 aromatic carbocycles. The van der Waals surface area contributed by atoms with Crippen LogP contribution in [0.5, 0.6) is 0 Å². The Morgan fingerprint density at radius 1 is 1.12 bits per heavy atom. The van der Waals surface area contributed by atoms with Crippen molar-refractivity contribution < 1.29 is 26.1 Å². The first-order chi connectivity index (χ1) is 12.1. The molecule has 0 saturated carbocycles. The molecule has 1 saturated heterocycles. The van der Waals surface area contributed by atoms with E-state index in [4.69, 9.17) is 4.52 Å². The standard InChI is InChI=1S/C15H17F3N4O3S/c1-10-14(11(2)25-20-10)26(23,24)22-7-5-21(6-8-22)13-4-3-12(9-19-13)15(16,17)18/h3-4,9H,5-8H2,1-2H3. The zero-order valence-electron chi connectivity index (χ0n) is 14.1. The minimum Gasteiger partial charge on any atom is -0.360 e. The average molecular weight is 390 g/mol. The first kappa shape index (κ1) is 18.6. The molecule has 1 aliphatic rings. The van der Waals surface area contributed by atoms with Gasteiger partial charge in [0.05, 0.1) is 5.56 Å². The fraction of sp³-hybridized carbons (Fsp3) is 0.467. The Bertz CT molecular complexity index is 866. The van der Waals surface area contributed by atoms with E-state index in [1.54, 1.807) is 11.8 Å². The van der Waals surface area contributed by atoms with E-state index in [0.29, 0.717) is 24.6 Å². The molecule has 7 nitrogen and oxygen atoms in total. The van der Waals surface area contributed by atoms with Gasteiger partial charge in [0.25, 0.3) is 0 Å². The van der Waals surface area contributed by atoms with Crippen LogP contribution in [0.2, 0.25) is 0 Å². The first-order valence-electron chi connectivity index (χ1n) is 7.82. The van der Waals surface area contributed by atoms with Crippen molar-refractivity contribution in [2.24, 2.45) is 0 Å². The van der Waals surface area contributed by atoms with Gasteiger partial charge in [-0.2, -0.15) is 17.5 Å². The van der Waals surface area contributed by atoms with E-state index in [2.05, 4.69) is 10.1 Å². The number of rotatable bonds is 3. The number of aryl methyl sites for hydroxylation is 2. The topological polar surface area (TPSA) is 79.5 Å². The molecule has 0 bridgehead atoms. The molecule has 0 unspecified atom stereocenters. The lowest BCUT2D eigenvalue weighted by Gasteiger charge is -2.34. The van der Waals surface area contributed by atoms with Crippen molar-refractivity contribution in [1.29, 1.82) is 0 Å². The van der Waals surface area contributed by atoms with Crippen LogP contribution in [-0.2, 0) is 16.2 Å². The Kier molecular flexibility index (Phi) is 4.69. The van der Waals surface area contributed by atoms with Crippen molar-refractivity contribution in [3.63, 3.8) is 0 Å². The van der Waals surface area contributed by atoms with Gasteiger partial charge in [0, 0.05) is 32.4 Å². The molecule has 3 heterocycles. The highest BCUT2D eigenvalue weighted by Gasteiger charge is 2.34. The van der Waals surface area contributed by atoms with E-state index in [1.165, 1.54) is 17.3 Å². The normalized spacial score (nSPS) is 16.9. The molecule has 26 heavy (non-hydrogen) atoms. The van der Waals surface area contributed by atoms with Crippen molar-refractivity contribution in [2.45, 2.75) is 24.9 Å². The van der Waals surface area contributed by atoms with E-state index < -0.39 is 21.8 Å². The third-order valence-electron chi connectivity index (χ3n) is 4.20. The van der Waals surface area contributed by atoms with Crippen molar-refractivity contribution in [2.75, 3.05) is 31.1 Å². The van der Waals surface area contributed by atoms with Crippen LogP contribution < -0.4 is 4.90 Å². The van der Waals surface area contributed by atoms with Crippen LogP contribution in [0.4, 0.5) is 19.0 Å². The minimum absolute atomic E-state index is 0.0682. The van der Waals surface area contributed by atoms with Crippen LogP contribution >= 0.6 is 0 Å². The molecule has 1 fully saturated rings. The molecule has 0 spiro atoms. The lowest BCUT2D eigenvalue weighted by atomic mass is 10.2. The van der Waals surface area contributed by atoms with Gasteiger partial charge in [-0.15, -0.1) is 0 Å². The van der Waals surface area contributed by atoms with Gasteiger partial charge in [-0.05, 0) is 26.0 Å². The quantitative estimate of drug-likeness (QED) is 0.800. The number of sulfonamides is 1. The van der Waals surface area contributed by atoms with Crippen LogP contribution in [0.1, 0.15) is 17.0 Å². The third-order valence-corrected chi connectivity index (χ3v) is 6.35. The van der Waals surface area contributed by atoms with Crippen LogP contribution in [-0.4, -0.2) is 49.0 Å². The number of halogens is 3. The lowest BCUT2D eigenvalue weighted by Crippen LogP contribution is -2.49. The van der Waals surface area contributed by atoms with E-state index in [1.807, 2.05) is 0 Å². The van der Waals surface area contributed by atoms with Gasteiger partial charge in [-0.3, -0.25) is 0 Å². The number of pyridine rings is 1. The summed E-state index contributed by atoms with van der Waals surface area (Å²) in [6.45, 7) is 4.12. The summed E-state index contributed by atoms with van der Waals surface area (Å²) in [5, 5.41) is 3.67. The largest absolute Gasteiger partial charge is 0.417 e. The Morgan fingerprint density at radius 2 is 1.77 bits per heavy atom. The predicted octanol–water partition coefficient (Wildman–Crippen LogP) is 2.22. The van der Waals surface area contributed by atoms with Crippen molar-refractivity contribution in [1.82, 2.24) is 14.4 Å². The zero-order valence-corrected chi connectivity index (χ0v) is 14.9. The summed E-state index contributed by atoms with van der Waals surface area (Å²) in [6.07, 6.45) is -3.66. The molecular formula is C15H17F3N4O3S. The highest BCUT2D eigenvalue weighted by atomic mass is 32.2. The van der Waals surface area contributed by atoms with E-state index in [9.17, 15) is 21.6 Å². The van der Waals surface area contributed by atoms with E-state index >= 15 is 0 Å². The molecule has 0 aliphatic carbocycles. The monoisotopic (exact) mass is 390 g/mol. The maximum Gasteiger partial charge on any atom is 0.417 e. The Labute approximate surface area is 148 Å². The Hall–Kier alpha value is -2.14. The summed E-state index contributed by atoms with van der Waals surface area (Å²) in [4.78, 5) is 5.66. The van der Waals surface area contributed by atoms with Gasteiger partial charge < -0.3 is 9.42 Å². The molecule has 1 aliphatic heterocycles. The summed E-state index contributed by atoms with van der Waals surface area (Å²) in [5.41, 5.74) is -0.518. The van der Waals surface area contributed by atoms with Crippen LogP contribution in [0, 0.1) is 13.8 Å². The molecule has 142 valence electrons. The first-order valence-corrected chi connectivity index (χ1v) is 9.26. The summed E-state index contributed by atoms with van der Waals surface area (Å²) in [7, 11) is -3.73. The van der Waals surface area contributed by atoms with Gasteiger partial charge in [0.1, 0.15) is 16.4 Å². The van der Waals surface area contributed by atoms with Crippen molar-refractivity contribution in [3.05, 3.63) is 35.3 Å². The molecular weight excluding hydrogens is 373 g/mol. The smallest absolute Gasteiger partial charge is 0.360 e. The molecule has 2 aromatic rings.